The molecule has 1 aliphatic rings. The van der Waals surface area contributed by atoms with Crippen LogP contribution in [0.15, 0.2) is 22.7 Å². The fraction of sp³-hybridized carbons (Fsp3) is 0.500. The highest BCUT2D eigenvalue weighted by Crippen LogP contribution is 2.26. The molecule has 0 atom stereocenters. The summed E-state index contributed by atoms with van der Waals surface area (Å²) in [6.45, 7) is 6.35. The zero-order valence-electron chi connectivity index (χ0n) is 11.6. The number of carbonyl (C=O) groups excluding carboxylic acids is 1. The summed E-state index contributed by atoms with van der Waals surface area (Å²) in [7, 11) is 1.86. The highest BCUT2D eigenvalue weighted by molar-refractivity contribution is 9.10. The van der Waals surface area contributed by atoms with Gasteiger partial charge in [-0.3, -0.25) is 9.69 Å². The third-order valence-electron chi connectivity index (χ3n) is 3.80. The van der Waals surface area contributed by atoms with Gasteiger partial charge in [0.05, 0.1) is 5.54 Å². The molecule has 2 rings (SSSR count). The molecular weight excluding hydrogens is 306 g/mol. The Bertz CT molecular complexity index is 501. The molecule has 0 bridgehead atoms. The third-order valence-corrected chi connectivity index (χ3v) is 4.52. The van der Waals surface area contributed by atoms with E-state index in [2.05, 4.69) is 20.8 Å². The van der Waals surface area contributed by atoms with Crippen molar-refractivity contribution in [2.75, 3.05) is 25.9 Å². The number of hydrogen-bond donors (Lipinski definition) is 1. The average molecular weight is 326 g/mol. The largest absolute Gasteiger partial charge is 0.398 e. The van der Waals surface area contributed by atoms with Gasteiger partial charge in [0.2, 0.25) is 5.91 Å². The number of nitrogen functional groups attached to an aromatic ring is 1. The van der Waals surface area contributed by atoms with Gasteiger partial charge < -0.3 is 10.6 Å². The molecule has 1 saturated heterocycles. The van der Waals surface area contributed by atoms with Crippen LogP contribution < -0.4 is 5.73 Å². The molecule has 1 aromatic carbocycles. The van der Waals surface area contributed by atoms with Crippen molar-refractivity contribution in [3.63, 3.8) is 0 Å². The normalized spacial score (nSPS) is 19.8. The molecule has 1 fully saturated rings. The zero-order valence-corrected chi connectivity index (χ0v) is 13.2. The predicted octanol–water partition coefficient (Wildman–Crippen LogP) is 2.08. The molecule has 0 aliphatic carbocycles. The summed E-state index contributed by atoms with van der Waals surface area (Å²) in [4.78, 5) is 16.2. The fourth-order valence-corrected chi connectivity index (χ4v) is 2.69. The molecule has 1 aliphatic heterocycles. The molecular formula is C14H20BrN3O. The summed E-state index contributed by atoms with van der Waals surface area (Å²) < 4.78 is 0.907. The Hall–Kier alpha value is -1.07. The fourth-order valence-electron chi connectivity index (χ4n) is 2.44. The Kier molecular flexibility index (Phi) is 3.87. The van der Waals surface area contributed by atoms with E-state index in [0.717, 1.165) is 35.4 Å². The lowest BCUT2D eigenvalue weighted by atomic mass is 9.97. The average Bonchev–Trinajstić information content (AvgIpc) is 2.35. The Morgan fingerprint density at radius 1 is 1.37 bits per heavy atom. The van der Waals surface area contributed by atoms with Crippen LogP contribution in [0.1, 0.15) is 19.4 Å². The van der Waals surface area contributed by atoms with E-state index in [4.69, 9.17) is 5.73 Å². The molecule has 0 unspecified atom stereocenters. The van der Waals surface area contributed by atoms with Gasteiger partial charge in [-0.1, -0.05) is 6.07 Å². The van der Waals surface area contributed by atoms with Gasteiger partial charge in [-0.05, 0) is 47.5 Å². The van der Waals surface area contributed by atoms with Gasteiger partial charge in [0, 0.05) is 36.8 Å². The number of hydrogen-bond acceptors (Lipinski definition) is 3. The van der Waals surface area contributed by atoms with E-state index in [1.807, 2.05) is 39.1 Å². The number of likely N-dealkylation sites (N-methyl/N-ethyl adjacent to an activating group) is 1. The van der Waals surface area contributed by atoms with Crippen LogP contribution in [0.3, 0.4) is 0 Å². The van der Waals surface area contributed by atoms with Crippen LogP contribution in [-0.4, -0.2) is 41.4 Å². The Morgan fingerprint density at radius 2 is 2.05 bits per heavy atom. The maximum atomic E-state index is 12.2. The summed E-state index contributed by atoms with van der Waals surface area (Å²) in [6.07, 6.45) is 0. The minimum absolute atomic E-state index is 0.170. The number of benzene rings is 1. The predicted molar refractivity (Wildman–Crippen MR) is 80.7 cm³/mol. The van der Waals surface area contributed by atoms with Crippen LogP contribution >= 0.6 is 15.9 Å². The van der Waals surface area contributed by atoms with Gasteiger partial charge in [-0.2, -0.15) is 0 Å². The topological polar surface area (TPSA) is 49.6 Å². The van der Waals surface area contributed by atoms with Crippen molar-refractivity contribution in [1.29, 1.82) is 0 Å². The lowest BCUT2D eigenvalue weighted by molar-refractivity contribution is -0.147. The molecule has 104 valence electrons. The standard InChI is InChI=1S/C14H20BrN3O/c1-14(2)13(19)17(3)6-7-18(14)9-10-4-5-11(15)12(16)8-10/h4-5,8H,6-7,9,16H2,1-3H3. The monoisotopic (exact) mass is 325 g/mol. The maximum Gasteiger partial charge on any atom is 0.242 e. The Morgan fingerprint density at radius 3 is 2.68 bits per heavy atom. The first-order valence-corrected chi connectivity index (χ1v) is 7.16. The summed E-state index contributed by atoms with van der Waals surface area (Å²) in [6, 6.07) is 5.96. The number of anilines is 1. The number of amides is 1. The number of carbonyl (C=O) groups is 1. The number of halogens is 1. The second-order valence-corrected chi connectivity index (χ2v) is 6.42. The van der Waals surface area contributed by atoms with E-state index in [1.165, 1.54) is 0 Å². The Labute approximate surface area is 122 Å². The first kappa shape index (κ1) is 14.3. The molecule has 1 aromatic rings. The molecule has 1 amide bonds. The SMILES string of the molecule is CN1CCN(Cc2ccc(Br)c(N)c2)C(C)(C)C1=O. The van der Waals surface area contributed by atoms with Crippen molar-refractivity contribution in [3.05, 3.63) is 28.2 Å². The van der Waals surface area contributed by atoms with Crippen LogP contribution in [0.4, 0.5) is 5.69 Å². The molecule has 2 N–H and O–H groups in total. The molecule has 0 radical (unpaired) electrons. The van der Waals surface area contributed by atoms with Crippen molar-refractivity contribution in [2.24, 2.45) is 0 Å². The van der Waals surface area contributed by atoms with E-state index in [1.54, 1.807) is 4.90 Å². The number of nitrogens with zero attached hydrogens (tertiary/aromatic N) is 2. The van der Waals surface area contributed by atoms with E-state index in [9.17, 15) is 4.79 Å². The third kappa shape index (κ3) is 2.77. The summed E-state index contributed by atoms with van der Waals surface area (Å²) in [5.74, 6) is 0.170. The second-order valence-electron chi connectivity index (χ2n) is 5.56. The highest BCUT2D eigenvalue weighted by atomic mass is 79.9. The minimum atomic E-state index is -0.463. The van der Waals surface area contributed by atoms with E-state index < -0.39 is 5.54 Å². The molecule has 5 heteroatoms. The van der Waals surface area contributed by atoms with E-state index >= 15 is 0 Å². The van der Waals surface area contributed by atoms with Crippen LogP contribution in [0.5, 0.6) is 0 Å². The van der Waals surface area contributed by atoms with Gasteiger partial charge >= 0.3 is 0 Å². The van der Waals surface area contributed by atoms with Gasteiger partial charge in [-0.25, -0.2) is 0 Å². The van der Waals surface area contributed by atoms with Crippen LogP contribution in [-0.2, 0) is 11.3 Å². The number of rotatable bonds is 2. The molecule has 0 spiro atoms. The van der Waals surface area contributed by atoms with Gasteiger partial charge in [0.1, 0.15) is 0 Å². The van der Waals surface area contributed by atoms with Crippen molar-refractivity contribution >= 4 is 27.5 Å². The van der Waals surface area contributed by atoms with Crippen molar-refractivity contribution in [1.82, 2.24) is 9.80 Å². The zero-order chi connectivity index (χ0) is 14.2. The maximum absolute atomic E-state index is 12.2. The summed E-state index contributed by atoms with van der Waals surface area (Å²) >= 11 is 3.40. The quantitative estimate of drug-likeness (QED) is 0.847. The number of nitrogens with two attached hydrogens (primary N) is 1. The van der Waals surface area contributed by atoms with Gasteiger partial charge in [0.15, 0.2) is 0 Å². The molecule has 19 heavy (non-hydrogen) atoms. The first-order valence-electron chi connectivity index (χ1n) is 6.37. The van der Waals surface area contributed by atoms with Crippen molar-refractivity contribution in [3.8, 4) is 0 Å². The lowest BCUT2D eigenvalue weighted by Gasteiger charge is -2.44. The van der Waals surface area contributed by atoms with Crippen LogP contribution in [0, 0.1) is 0 Å². The van der Waals surface area contributed by atoms with Crippen molar-refractivity contribution in [2.45, 2.75) is 25.9 Å². The van der Waals surface area contributed by atoms with Crippen LogP contribution in [0.2, 0.25) is 0 Å². The molecule has 4 nitrogen and oxygen atoms in total. The molecule has 1 heterocycles. The summed E-state index contributed by atoms with van der Waals surface area (Å²) in [5, 5.41) is 0. The van der Waals surface area contributed by atoms with Gasteiger partial charge in [0.25, 0.3) is 0 Å². The molecule has 0 aromatic heterocycles. The van der Waals surface area contributed by atoms with E-state index in [0.29, 0.717) is 0 Å². The summed E-state index contributed by atoms with van der Waals surface area (Å²) in [5.41, 5.74) is 7.30. The highest BCUT2D eigenvalue weighted by Gasteiger charge is 2.40. The first-order chi connectivity index (χ1) is 8.82. The number of piperazine rings is 1. The lowest BCUT2D eigenvalue weighted by Crippen LogP contribution is -2.61. The van der Waals surface area contributed by atoms with Gasteiger partial charge in [-0.15, -0.1) is 0 Å². The van der Waals surface area contributed by atoms with Crippen LogP contribution in [0.25, 0.3) is 0 Å². The Balaban J connectivity index is 2.18. The molecule has 0 saturated carbocycles. The minimum Gasteiger partial charge on any atom is -0.398 e. The van der Waals surface area contributed by atoms with Crippen molar-refractivity contribution < 1.29 is 4.79 Å². The van der Waals surface area contributed by atoms with E-state index in [-0.39, 0.29) is 5.91 Å². The second kappa shape index (κ2) is 5.13. The smallest absolute Gasteiger partial charge is 0.242 e.